The van der Waals surface area contributed by atoms with Crippen molar-refractivity contribution in [2.45, 2.75) is 78.3 Å². The second-order valence-corrected chi connectivity index (χ2v) is 8.02. The largest absolute Gasteiger partial charge is 0.326 e. The maximum Gasteiger partial charge on any atom is 0.0250 e. The summed E-state index contributed by atoms with van der Waals surface area (Å²) in [6, 6.07) is 1.06. The predicted octanol–water partition coefficient (Wildman–Crippen LogP) is 3.65. The Morgan fingerprint density at radius 3 is 2.53 bits per heavy atom. The molecule has 4 atom stereocenters. The highest BCUT2D eigenvalue weighted by atomic mass is 15.2. The lowest BCUT2D eigenvalue weighted by molar-refractivity contribution is 0.0419. The van der Waals surface area contributed by atoms with Crippen molar-refractivity contribution in [3.8, 4) is 0 Å². The minimum absolute atomic E-state index is 0.411. The first-order valence-electron chi connectivity index (χ1n) is 8.41. The fourth-order valence-corrected chi connectivity index (χ4v) is 4.11. The summed E-state index contributed by atoms with van der Waals surface area (Å²) in [7, 11) is 0. The van der Waals surface area contributed by atoms with Crippen LogP contribution >= 0.6 is 0 Å². The van der Waals surface area contributed by atoms with E-state index in [1.54, 1.807) is 0 Å². The van der Waals surface area contributed by atoms with Crippen LogP contribution in [0.15, 0.2) is 0 Å². The molecule has 2 nitrogen and oxygen atoms in total. The average molecular weight is 266 g/mol. The summed E-state index contributed by atoms with van der Waals surface area (Å²) in [5, 5.41) is 0. The zero-order chi connectivity index (χ0) is 14.0. The van der Waals surface area contributed by atoms with E-state index in [0.29, 0.717) is 17.5 Å². The van der Waals surface area contributed by atoms with Crippen molar-refractivity contribution in [3.63, 3.8) is 0 Å². The van der Waals surface area contributed by atoms with Gasteiger partial charge in [0.25, 0.3) is 0 Å². The van der Waals surface area contributed by atoms with E-state index in [9.17, 15) is 0 Å². The van der Waals surface area contributed by atoms with Crippen LogP contribution in [-0.4, -0.2) is 30.1 Å². The van der Waals surface area contributed by atoms with Crippen molar-refractivity contribution in [2.24, 2.45) is 23.0 Å². The Kier molecular flexibility index (Phi) is 4.94. The summed E-state index contributed by atoms with van der Waals surface area (Å²) in [4.78, 5) is 2.74. The van der Waals surface area contributed by atoms with E-state index in [-0.39, 0.29) is 0 Å². The Morgan fingerprint density at radius 2 is 1.89 bits per heavy atom. The topological polar surface area (TPSA) is 29.3 Å². The predicted molar refractivity (Wildman–Crippen MR) is 83.1 cm³/mol. The van der Waals surface area contributed by atoms with Crippen molar-refractivity contribution < 1.29 is 0 Å². The van der Waals surface area contributed by atoms with Crippen LogP contribution in [0.1, 0.15) is 66.2 Å². The fraction of sp³-hybridized carbons (Fsp3) is 1.00. The van der Waals surface area contributed by atoms with Gasteiger partial charge in [0.05, 0.1) is 0 Å². The molecule has 0 bridgehead atoms. The zero-order valence-electron chi connectivity index (χ0n) is 13.5. The first kappa shape index (κ1) is 15.3. The van der Waals surface area contributed by atoms with Gasteiger partial charge in [0.15, 0.2) is 0 Å². The molecule has 2 fully saturated rings. The number of rotatable bonds is 2. The molecule has 1 heterocycles. The van der Waals surface area contributed by atoms with Crippen molar-refractivity contribution >= 4 is 0 Å². The number of hydrogen-bond donors (Lipinski definition) is 1. The molecule has 1 saturated carbocycles. The minimum Gasteiger partial charge on any atom is -0.326 e. The average Bonchev–Trinajstić information content (AvgIpc) is 2.38. The van der Waals surface area contributed by atoms with Gasteiger partial charge in [-0.15, -0.1) is 0 Å². The van der Waals surface area contributed by atoms with Crippen molar-refractivity contribution in [3.05, 3.63) is 0 Å². The molecule has 2 N–H and O–H groups in total. The molecular weight excluding hydrogens is 232 g/mol. The minimum atomic E-state index is 0.411. The number of hydrogen-bond acceptors (Lipinski definition) is 2. The summed E-state index contributed by atoms with van der Waals surface area (Å²) in [6.07, 6.45) is 8.01. The maximum atomic E-state index is 6.46. The lowest BCUT2D eigenvalue weighted by atomic mass is 9.69. The monoisotopic (exact) mass is 266 g/mol. The molecule has 4 unspecified atom stereocenters. The first-order valence-corrected chi connectivity index (χ1v) is 8.41. The van der Waals surface area contributed by atoms with Crippen molar-refractivity contribution in [2.75, 3.05) is 13.1 Å². The van der Waals surface area contributed by atoms with Gasteiger partial charge in [-0.2, -0.15) is 0 Å². The fourth-order valence-electron chi connectivity index (χ4n) is 4.11. The van der Waals surface area contributed by atoms with Crippen molar-refractivity contribution in [1.29, 1.82) is 0 Å². The second kappa shape index (κ2) is 6.13. The van der Waals surface area contributed by atoms with Crippen LogP contribution in [0.25, 0.3) is 0 Å². The standard InChI is InChI=1S/C17H34N2/c1-5-13-7-6-10-19(12-13)16-11-14(17(2,3)4)8-9-15(16)18/h13-16H,5-12,18H2,1-4H3. The number of likely N-dealkylation sites (tertiary alicyclic amines) is 1. The van der Waals surface area contributed by atoms with E-state index in [1.165, 1.54) is 51.6 Å². The molecule has 0 aromatic carbocycles. The summed E-state index contributed by atoms with van der Waals surface area (Å²) in [5.74, 6) is 1.76. The summed E-state index contributed by atoms with van der Waals surface area (Å²) >= 11 is 0. The van der Waals surface area contributed by atoms with Gasteiger partial charge < -0.3 is 5.73 Å². The molecule has 0 radical (unpaired) electrons. The molecular formula is C17H34N2. The molecule has 1 aliphatic heterocycles. The summed E-state index contributed by atoms with van der Waals surface area (Å²) < 4.78 is 0. The van der Waals surface area contributed by atoms with Gasteiger partial charge in [0.2, 0.25) is 0 Å². The van der Waals surface area contributed by atoms with E-state index in [1.807, 2.05) is 0 Å². The highest BCUT2D eigenvalue weighted by Gasteiger charge is 2.38. The first-order chi connectivity index (χ1) is 8.91. The molecule has 0 spiro atoms. The van der Waals surface area contributed by atoms with Crippen molar-refractivity contribution in [1.82, 2.24) is 4.90 Å². The molecule has 0 aromatic heterocycles. The van der Waals surface area contributed by atoms with E-state index < -0.39 is 0 Å². The van der Waals surface area contributed by atoms with Gasteiger partial charge >= 0.3 is 0 Å². The molecule has 2 heteroatoms. The maximum absolute atomic E-state index is 6.46. The number of nitrogens with two attached hydrogens (primary N) is 1. The Hall–Kier alpha value is -0.0800. The van der Waals surface area contributed by atoms with E-state index >= 15 is 0 Å². The zero-order valence-corrected chi connectivity index (χ0v) is 13.5. The normalized spacial score (nSPS) is 38.4. The van der Waals surface area contributed by atoms with E-state index in [0.717, 1.165) is 11.8 Å². The van der Waals surface area contributed by atoms with Crippen LogP contribution in [0, 0.1) is 17.3 Å². The third-order valence-corrected chi connectivity index (χ3v) is 5.69. The molecule has 2 rings (SSSR count). The Labute approximate surface area is 120 Å². The number of piperidine rings is 1. The van der Waals surface area contributed by atoms with Gasteiger partial charge in [-0.3, -0.25) is 4.90 Å². The SMILES string of the molecule is CCC1CCCN(C2CC(C(C)(C)C)CCC2N)C1. The lowest BCUT2D eigenvalue weighted by Crippen LogP contribution is -2.55. The van der Waals surface area contributed by atoms with Crippen LogP contribution in [0.2, 0.25) is 0 Å². The van der Waals surface area contributed by atoms with Gasteiger partial charge in [0.1, 0.15) is 0 Å². The van der Waals surface area contributed by atoms with E-state index in [4.69, 9.17) is 5.73 Å². The van der Waals surface area contributed by atoms with Crippen LogP contribution in [-0.2, 0) is 0 Å². The molecule has 112 valence electrons. The summed E-state index contributed by atoms with van der Waals surface area (Å²) in [6.45, 7) is 12.1. The number of nitrogens with zero attached hydrogens (tertiary/aromatic N) is 1. The van der Waals surface area contributed by atoms with Gasteiger partial charge in [-0.05, 0) is 55.9 Å². The molecule has 0 amide bonds. The third kappa shape index (κ3) is 3.72. The van der Waals surface area contributed by atoms with Gasteiger partial charge in [-0.1, -0.05) is 34.1 Å². The quantitative estimate of drug-likeness (QED) is 0.826. The van der Waals surface area contributed by atoms with Gasteiger partial charge in [-0.25, -0.2) is 0 Å². The second-order valence-electron chi connectivity index (χ2n) is 8.02. The Bertz CT molecular complexity index is 281. The lowest BCUT2D eigenvalue weighted by Gasteiger charge is -2.47. The molecule has 1 aliphatic carbocycles. The smallest absolute Gasteiger partial charge is 0.0250 e. The van der Waals surface area contributed by atoms with Crippen LogP contribution in [0.4, 0.5) is 0 Å². The molecule has 1 saturated heterocycles. The molecule has 2 aliphatic rings. The van der Waals surface area contributed by atoms with Crippen LogP contribution < -0.4 is 5.73 Å². The molecule has 19 heavy (non-hydrogen) atoms. The van der Waals surface area contributed by atoms with Crippen LogP contribution in [0.3, 0.4) is 0 Å². The Morgan fingerprint density at radius 1 is 1.16 bits per heavy atom. The molecule has 0 aromatic rings. The Balaban J connectivity index is 2.00. The highest BCUT2D eigenvalue weighted by Crippen LogP contribution is 2.39. The highest BCUT2D eigenvalue weighted by molar-refractivity contribution is 4.94. The van der Waals surface area contributed by atoms with Crippen LogP contribution in [0.5, 0.6) is 0 Å². The third-order valence-electron chi connectivity index (χ3n) is 5.69. The van der Waals surface area contributed by atoms with E-state index in [2.05, 4.69) is 32.6 Å². The summed E-state index contributed by atoms with van der Waals surface area (Å²) in [5.41, 5.74) is 6.90. The van der Waals surface area contributed by atoms with Gasteiger partial charge in [0, 0.05) is 18.6 Å².